The van der Waals surface area contributed by atoms with Gasteiger partial charge in [-0.1, -0.05) is 6.08 Å². The molecule has 5 nitrogen and oxygen atoms in total. The van der Waals surface area contributed by atoms with Crippen LogP contribution in [0.15, 0.2) is 30.9 Å². The predicted molar refractivity (Wildman–Crippen MR) is 72.5 cm³/mol. The molecule has 19 heavy (non-hydrogen) atoms. The molecular weight excluding hydrogens is 244 g/mol. The van der Waals surface area contributed by atoms with Crippen molar-refractivity contribution in [3.8, 4) is 5.75 Å². The summed E-state index contributed by atoms with van der Waals surface area (Å²) in [5.41, 5.74) is 1.11. The van der Waals surface area contributed by atoms with Gasteiger partial charge in [0.25, 0.3) is 5.91 Å². The van der Waals surface area contributed by atoms with Crippen LogP contribution in [0.5, 0.6) is 5.75 Å². The molecule has 0 fully saturated rings. The van der Waals surface area contributed by atoms with Crippen molar-refractivity contribution in [3.05, 3.63) is 36.4 Å². The molecule has 1 N–H and O–H groups in total. The Morgan fingerprint density at radius 1 is 1.58 bits per heavy atom. The molecule has 2 rings (SSSR count). The van der Waals surface area contributed by atoms with Crippen molar-refractivity contribution in [1.29, 1.82) is 0 Å². The summed E-state index contributed by atoms with van der Waals surface area (Å²) in [5.74, 6) is 0.392. The van der Waals surface area contributed by atoms with Crippen LogP contribution in [0.25, 0.3) is 0 Å². The normalized spacial score (nSPS) is 14.2. The summed E-state index contributed by atoms with van der Waals surface area (Å²) in [6, 6.07) is 5.06. The average Bonchev–Trinajstić information content (AvgIpc) is 2.56. The molecule has 0 unspecified atom stereocenters. The molecule has 0 radical (unpaired) electrons. The quantitative estimate of drug-likeness (QED) is 0.834. The van der Waals surface area contributed by atoms with Crippen molar-refractivity contribution in [1.82, 2.24) is 5.32 Å². The van der Waals surface area contributed by atoms with Gasteiger partial charge in [0, 0.05) is 19.2 Å². The van der Waals surface area contributed by atoms with Gasteiger partial charge >= 0.3 is 0 Å². The highest BCUT2D eigenvalue weighted by Crippen LogP contribution is 2.31. The summed E-state index contributed by atoms with van der Waals surface area (Å²) < 4.78 is 5.49. The predicted octanol–water partition coefficient (Wildman–Crippen LogP) is 1.35. The van der Waals surface area contributed by atoms with Crippen LogP contribution in [0.2, 0.25) is 0 Å². The number of rotatable bonds is 3. The molecule has 0 bridgehead atoms. The smallest absolute Gasteiger partial charge is 0.251 e. The molecule has 2 amide bonds. The Bertz CT molecular complexity index is 525. The summed E-state index contributed by atoms with van der Waals surface area (Å²) in [5, 5.41) is 2.70. The van der Waals surface area contributed by atoms with Gasteiger partial charge in [-0.25, -0.2) is 0 Å². The molecule has 0 spiro atoms. The van der Waals surface area contributed by atoms with Crippen LogP contribution in [0.4, 0.5) is 5.69 Å². The number of hydrogen-bond acceptors (Lipinski definition) is 3. The van der Waals surface area contributed by atoms with Gasteiger partial charge < -0.3 is 15.0 Å². The van der Waals surface area contributed by atoms with Crippen LogP contribution in [0.3, 0.4) is 0 Å². The van der Waals surface area contributed by atoms with Gasteiger partial charge in [0.15, 0.2) is 0 Å². The molecule has 0 atom stereocenters. The number of nitrogens with zero attached hydrogens (tertiary/aromatic N) is 1. The minimum Gasteiger partial charge on any atom is -0.491 e. The number of benzene rings is 1. The topological polar surface area (TPSA) is 58.6 Å². The molecule has 0 aromatic heterocycles. The van der Waals surface area contributed by atoms with Crippen molar-refractivity contribution in [3.63, 3.8) is 0 Å². The monoisotopic (exact) mass is 260 g/mol. The standard InChI is InChI=1S/C14H16N2O3/c1-3-7-15-14(18)10-4-5-12-11(9-10)16(2)13(17)6-8-19-12/h3-5,9H,1,6-8H2,2H3,(H,15,18). The maximum atomic E-state index is 11.9. The molecule has 0 aliphatic carbocycles. The van der Waals surface area contributed by atoms with Crippen molar-refractivity contribution >= 4 is 17.5 Å². The highest BCUT2D eigenvalue weighted by molar-refractivity contribution is 5.99. The largest absolute Gasteiger partial charge is 0.491 e. The van der Waals surface area contributed by atoms with E-state index in [1.807, 2.05) is 0 Å². The van der Waals surface area contributed by atoms with Gasteiger partial charge in [-0.2, -0.15) is 0 Å². The molecule has 0 saturated heterocycles. The second-order valence-electron chi connectivity index (χ2n) is 4.23. The van der Waals surface area contributed by atoms with E-state index in [0.717, 1.165) is 0 Å². The fourth-order valence-electron chi connectivity index (χ4n) is 1.86. The zero-order valence-corrected chi connectivity index (χ0v) is 10.8. The van der Waals surface area contributed by atoms with E-state index in [1.54, 1.807) is 31.3 Å². The number of anilines is 1. The minimum atomic E-state index is -0.201. The van der Waals surface area contributed by atoms with Crippen LogP contribution < -0.4 is 15.0 Å². The lowest BCUT2D eigenvalue weighted by Gasteiger charge is -2.17. The fraction of sp³-hybridized carbons (Fsp3) is 0.286. The van der Waals surface area contributed by atoms with E-state index in [-0.39, 0.29) is 11.8 Å². The molecule has 100 valence electrons. The van der Waals surface area contributed by atoms with Gasteiger partial charge in [0.1, 0.15) is 5.75 Å². The van der Waals surface area contributed by atoms with E-state index >= 15 is 0 Å². The van der Waals surface area contributed by atoms with Crippen LogP contribution >= 0.6 is 0 Å². The number of fused-ring (bicyclic) bond motifs is 1. The zero-order valence-electron chi connectivity index (χ0n) is 10.8. The second kappa shape index (κ2) is 5.56. The first-order valence-electron chi connectivity index (χ1n) is 6.06. The van der Waals surface area contributed by atoms with Gasteiger partial charge in [-0.05, 0) is 18.2 Å². The van der Waals surface area contributed by atoms with E-state index < -0.39 is 0 Å². The molecule has 1 aromatic carbocycles. The van der Waals surface area contributed by atoms with Gasteiger partial charge in [0.2, 0.25) is 5.91 Å². The summed E-state index contributed by atoms with van der Waals surface area (Å²) in [6.07, 6.45) is 1.95. The molecule has 1 aliphatic heterocycles. The van der Waals surface area contributed by atoms with Gasteiger partial charge in [-0.15, -0.1) is 6.58 Å². The Balaban J connectivity index is 2.31. The molecular formula is C14H16N2O3. The summed E-state index contributed by atoms with van der Waals surface area (Å²) >= 11 is 0. The first kappa shape index (κ1) is 13.1. The molecule has 5 heteroatoms. The molecule has 1 heterocycles. The van der Waals surface area contributed by atoms with E-state index in [2.05, 4.69) is 11.9 Å². The SMILES string of the molecule is C=CCNC(=O)c1ccc2c(c1)N(C)C(=O)CCO2. The molecule has 0 saturated carbocycles. The lowest BCUT2D eigenvalue weighted by atomic mass is 10.1. The molecule has 1 aliphatic rings. The minimum absolute atomic E-state index is 0.0256. The van der Waals surface area contributed by atoms with E-state index in [9.17, 15) is 9.59 Å². The zero-order chi connectivity index (χ0) is 13.8. The first-order valence-corrected chi connectivity index (χ1v) is 6.06. The number of carbonyl (C=O) groups excluding carboxylic acids is 2. The van der Waals surface area contributed by atoms with Gasteiger partial charge in [-0.3, -0.25) is 9.59 Å². The lowest BCUT2D eigenvalue weighted by molar-refractivity contribution is -0.118. The number of carbonyl (C=O) groups is 2. The Labute approximate surface area is 111 Å². The van der Waals surface area contributed by atoms with Crippen LogP contribution in [0, 0.1) is 0 Å². The van der Waals surface area contributed by atoms with Crippen molar-refractivity contribution in [2.24, 2.45) is 0 Å². The Morgan fingerprint density at radius 2 is 2.37 bits per heavy atom. The second-order valence-corrected chi connectivity index (χ2v) is 4.23. The van der Waals surface area contributed by atoms with Gasteiger partial charge in [0.05, 0.1) is 18.7 Å². The van der Waals surface area contributed by atoms with E-state index in [4.69, 9.17) is 4.74 Å². The van der Waals surface area contributed by atoms with Crippen LogP contribution in [-0.2, 0) is 4.79 Å². The highest BCUT2D eigenvalue weighted by Gasteiger charge is 2.21. The number of hydrogen-bond donors (Lipinski definition) is 1. The van der Waals surface area contributed by atoms with E-state index in [0.29, 0.717) is 36.6 Å². The maximum Gasteiger partial charge on any atom is 0.251 e. The van der Waals surface area contributed by atoms with Crippen molar-refractivity contribution < 1.29 is 14.3 Å². The molecule has 1 aromatic rings. The fourth-order valence-corrected chi connectivity index (χ4v) is 1.86. The summed E-state index contributed by atoms with van der Waals surface area (Å²) in [4.78, 5) is 25.1. The number of amides is 2. The first-order chi connectivity index (χ1) is 9.13. The third kappa shape index (κ3) is 2.76. The maximum absolute atomic E-state index is 11.9. The third-order valence-electron chi connectivity index (χ3n) is 2.94. The summed E-state index contributed by atoms with van der Waals surface area (Å²) in [7, 11) is 1.68. The number of nitrogens with one attached hydrogen (secondary N) is 1. The van der Waals surface area contributed by atoms with Crippen LogP contribution in [-0.4, -0.2) is 32.0 Å². The van der Waals surface area contributed by atoms with E-state index in [1.165, 1.54) is 4.90 Å². The summed E-state index contributed by atoms with van der Waals surface area (Å²) in [6.45, 7) is 4.31. The average molecular weight is 260 g/mol. The van der Waals surface area contributed by atoms with Crippen molar-refractivity contribution in [2.75, 3.05) is 25.1 Å². The highest BCUT2D eigenvalue weighted by atomic mass is 16.5. The van der Waals surface area contributed by atoms with Crippen molar-refractivity contribution in [2.45, 2.75) is 6.42 Å². The third-order valence-corrected chi connectivity index (χ3v) is 2.94. The number of ether oxygens (including phenoxy) is 1. The Morgan fingerprint density at radius 3 is 3.11 bits per heavy atom. The Kier molecular flexibility index (Phi) is 3.85. The van der Waals surface area contributed by atoms with Crippen LogP contribution in [0.1, 0.15) is 16.8 Å². The Hall–Kier alpha value is -2.30. The lowest BCUT2D eigenvalue weighted by Crippen LogP contribution is -2.26.